The van der Waals surface area contributed by atoms with Crippen LogP contribution in [0.2, 0.25) is 5.02 Å². The highest BCUT2D eigenvalue weighted by atomic mass is 35.5. The van der Waals surface area contributed by atoms with Gasteiger partial charge in [0.2, 0.25) is 0 Å². The molecule has 0 spiro atoms. The van der Waals surface area contributed by atoms with Crippen molar-refractivity contribution in [2.24, 2.45) is 7.05 Å². The first kappa shape index (κ1) is 21.1. The van der Waals surface area contributed by atoms with Crippen molar-refractivity contribution in [1.82, 2.24) is 14.8 Å². The highest BCUT2D eigenvalue weighted by Gasteiger charge is 2.45. The fourth-order valence-corrected chi connectivity index (χ4v) is 4.17. The molecule has 2 heterocycles. The van der Waals surface area contributed by atoms with E-state index in [0.717, 1.165) is 11.1 Å². The minimum Gasteiger partial charge on any atom is -0.408 e. The average molecular weight is 448 g/mol. The van der Waals surface area contributed by atoms with Gasteiger partial charge in [-0.25, -0.2) is 4.79 Å². The number of aryl methyl sites for hydroxylation is 1. The summed E-state index contributed by atoms with van der Waals surface area (Å²) in [5.41, 5.74) is 2.43. The third-order valence-electron chi connectivity index (χ3n) is 5.44. The molecule has 2 atom stereocenters. The Morgan fingerprint density at radius 2 is 1.84 bits per heavy atom. The number of nitrogens with zero attached hydrogens (tertiary/aromatic N) is 3. The minimum absolute atomic E-state index is 0.0300. The van der Waals surface area contributed by atoms with Crippen LogP contribution in [-0.4, -0.2) is 20.9 Å². The molecule has 4 rings (SSSR count). The van der Waals surface area contributed by atoms with Crippen LogP contribution in [0.3, 0.4) is 0 Å². The summed E-state index contributed by atoms with van der Waals surface area (Å²) in [4.78, 5) is 11.7. The lowest BCUT2D eigenvalue weighted by Crippen LogP contribution is -2.26. The molecular formula is C22H17ClF3N3O2. The zero-order valence-electron chi connectivity index (χ0n) is 16.5. The van der Waals surface area contributed by atoms with Crippen molar-refractivity contribution >= 4 is 22.7 Å². The predicted molar refractivity (Wildman–Crippen MR) is 111 cm³/mol. The van der Waals surface area contributed by atoms with Crippen molar-refractivity contribution in [3.05, 3.63) is 81.6 Å². The second kappa shape index (κ2) is 7.85. The van der Waals surface area contributed by atoms with E-state index in [0.29, 0.717) is 11.1 Å². The molecule has 9 heteroatoms. The molecule has 160 valence electrons. The van der Waals surface area contributed by atoms with Crippen LogP contribution >= 0.6 is 11.6 Å². The first-order valence-electron chi connectivity index (χ1n) is 9.39. The standard InChI is InChI=1S/C22H17ClF3N3O2/c1-12(16-5-3-13(9-17(16)23)15-7-8-27-28-11-15)20(22(24,25)26)14-4-6-19-18(10-14)29(2)21(30)31-19/h3-12,20H,1-2H3. The van der Waals surface area contributed by atoms with E-state index in [1.165, 1.54) is 42.9 Å². The summed E-state index contributed by atoms with van der Waals surface area (Å²) >= 11 is 6.42. The molecule has 0 aliphatic heterocycles. The zero-order chi connectivity index (χ0) is 22.3. The van der Waals surface area contributed by atoms with Crippen LogP contribution in [0, 0.1) is 0 Å². The van der Waals surface area contributed by atoms with Crippen molar-refractivity contribution in [3.8, 4) is 11.1 Å². The van der Waals surface area contributed by atoms with E-state index in [2.05, 4.69) is 10.2 Å². The van der Waals surface area contributed by atoms with Gasteiger partial charge in [0.1, 0.15) is 0 Å². The number of halogens is 4. The molecule has 31 heavy (non-hydrogen) atoms. The highest BCUT2D eigenvalue weighted by Crippen LogP contribution is 2.47. The van der Waals surface area contributed by atoms with Crippen LogP contribution in [0.5, 0.6) is 0 Å². The summed E-state index contributed by atoms with van der Waals surface area (Å²) in [5.74, 6) is -3.43. The van der Waals surface area contributed by atoms with E-state index in [1.807, 2.05) is 0 Å². The zero-order valence-corrected chi connectivity index (χ0v) is 17.3. The molecule has 0 bridgehead atoms. The molecule has 0 fully saturated rings. The quantitative estimate of drug-likeness (QED) is 0.403. The second-order valence-electron chi connectivity index (χ2n) is 7.33. The molecular weight excluding hydrogens is 431 g/mol. The van der Waals surface area contributed by atoms with Crippen LogP contribution in [0.4, 0.5) is 13.2 Å². The number of aromatic nitrogens is 3. The lowest BCUT2D eigenvalue weighted by molar-refractivity contribution is -0.154. The summed E-state index contributed by atoms with van der Waals surface area (Å²) in [6, 6.07) is 10.8. The van der Waals surface area contributed by atoms with Gasteiger partial charge in [0.25, 0.3) is 0 Å². The Hall–Kier alpha value is -3.13. The van der Waals surface area contributed by atoms with Gasteiger partial charge in [0, 0.05) is 17.6 Å². The van der Waals surface area contributed by atoms with Gasteiger partial charge in [0.05, 0.1) is 23.8 Å². The Morgan fingerprint density at radius 3 is 2.48 bits per heavy atom. The van der Waals surface area contributed by atoms with Gasteiger partial charge in [-0.05, 0) is 46.9 Å². The summed E-state index contributed by atoms with van der Waals surface area (Å²) in [7, 11) is 1.45. The summed E-state index contributed by atoms with van der Waals surface area (Å²) in [6.45, 7) is 1.49. The molecule has 0 aliphatic rings. The molecule has 2 aromatic heterocycles. The minimum atomic E-state index is -4.54. The third-order valence-corrected chi connectivity index (χ3v) is 5.76. The maximum atomic E-state index is 14.2. The maximum absolute atomic E-state index is 14.2. The Kier molecular flexibility index (Phi) is 5.35. The summed E-state index contributed by atoms with van der Waals surface area (Å²) in [6.07, 6.45) is -1.46. The van der Waals surface area contributed by atoms with Crippen molar-refractivity contribution in [3.63, 3.8) is 0 Å². The van der Waals surface area contributed by atoms with Gasteiger partial charge < -0.3 is 4.42 Å². The summed E-state index contributed by atoms with van der Waals surface area (Å²) < 4.78 is 48.7. The largest absolute Gasteiger partial charge is 0.419 e. The Labute approximate surface area is 180 Å². The molecule has 0 radical (unpaired) electrons. The number of alkyl halides is 3. The predicted octanol–water partition coefficient (Wildman–Crippen LogP) is 5.69. The van der Waals surface area contributed by atoms with Gasteiger partial charge in [-0.15, -0.1) is 0 Å². The summed E-state index contributed by atoms with van der Waals surface area (Å²) in [5, 5.41) is 7.75. The van der Waals surface area contributed by atoms with Gasteiger partial charge in [0.15, 0.2) is 5.58 Å². The van der Waals surface area contributed by atoms with E-state index in [4.69, 9.17) is 16.0 Å². The van der Waals surface area contributed by atoms with Crippen molar-refractivity contribution in [2.45, 2.75) is 24.9 Å². The van der Waals surface area contributed by atoms with Crippen LogP contribution in [0.15, 0.2) is 64.1 Å². The Morgan fingerprint density at radius 1 is 1.06 bits per heavy atom. The number of fused-ring (bicyclic) bond motifs is 1. The van der Waals surface area contributed by atoms with Crippen LogP contribution in [0.1, 0.15) is 29.9 Å². The van der Waals surface area contributed by atoms with E-state index >= 15 is 0 Å². The van der Waals surface area contributed by atoms with E-state index in [9.17, 15) is 18.0 Å². The molecule has 5 nitrogen and oxygen atoms in total. The topological polar surface area (TPSA) is 60.9 Å². The number of rotatable bonds is 4. The molecule has 0 N–H and O–H groups in total. The fourth-order valence-electron chi connectivity index (χ4n) is 3.82. The van der Waals surface area contributed by atoms with Gasteiger partial charge in [-0.2, -0.15) is 23.4 Å². The number of benzene rings is 2. The third kappa shape index (κ3) is 3.95. The molecule has 0 amide bonds. The van der Waals surface area contributed by atoms with Gasteiger partial charge in [-0.1, -0.05) is 36.7 Å². The van der Waals surface area contributed by atoms with E-state index in [-0.39, 0.29) is 16.2 Å². The highest BCUT2D eigenvalue weighted by molar-refractivity contribution is 6.31. The molecule has 0 saturated carbocycles. The number of oxazole rings is 1. The van der Waals surface area contributed by atoms with Crippen LogP contribution in [-0.2, 0) is 7.05 Å². The van der Waals surface area contributed by atoms with Crippen molar-refractivity contribution in [1.29, 1.82) is 0 Å². The molecule has 2 aromatic carbocycles. The van der Waals surface area contributed by atoms with Crippen LogP contribution < -0.4 is 5.76 Å². The smallest absolute Gasteiger partial charge is 0.408 e. The number of hydrogen-bond donors (Lipinski definition) is 0. The van der Waals surface area contributed by atoms with Crippen LogP contribution in [0.25, 0.3) is 22.2 Å². The lowest BCUT2D eigenvalue weighted by Gasteiger charge is -2.28. The van der Waals surface area contributed by atoms with Gasteiger partial charge in [-0.3, -0.25) is 4.57 Å². The second-order valence-corrected chi connectivity index (χ2v) is 7.74. The molecule has 0 saturated heterocycles. The normalized spacial score (nSPS) is 14.0. The number of hydrogen-bond acceptors (Lipinski definition) is 4. The molecule has 2 unspecified atom stereocenters. The lowest BCUT2D eigenvalue weighted by atomic mass is 9.81. The first-order valence-corrected chi connectivity index (χ1v) is 9.77. The molecule has 4 aromatic rings. The SMILES string of the molecule is CC(c1ccc(-c2ccnnc2)cc1Cl)C(c1ccc2oc(=O)n(C)c2c1)C(F)(F)F. The monoisotopic (exact) mass is 447 g/mol. The Bertz CT molecular complexity index is 1300. The first-order chi connectivity index (χ1) is 14.7. The van der Waals surface area contributed by atoms with E-state index in [1.54, 1.807) is 30.5 Å². The molecule has 0 aliphatic carbocycles. The van der Waals surface area contributed by atoms with Crippen molar-refractivity contribution < 1.29 is 17.6 Å². The average Bonchev–Trinajstić information content (AvgIpc) is 3.01. The Balaban J connectivity index is 1.77. The van der Waals surface area contributed by atoms with Crippen molar-refractivity contribution in [2.75, 3.05) is 0 Å². The fraction of sp³-hybridized carbons (Fsp3) is 0.227. The maximum Gasteiger partial charge on any atom is 0.419 e. The van der Waals surface area contributed by atoms with Gasteiger partial charge >= 0.3 is 11.9 Å². The van der Waals surface area contributed by atoms with E-state index < -0.39 is 23.8 Å².